The van der Waals surface area contributed by atoms with E-state index in [0.717, 1.165) is 6.08 Å². The molecule has 0 fully saturated rings. The van der Waals surface area contributed by atoms with Crippen molar-refractivity contribution < 1.29 is 36.4 Å². The summed E-state index contributed by atoms with van der Waals surface area (Å²) in [5.74, 6) is 0.00426. The summed E-state index contributed by atoms with van der Waals surface area (Å²) < 4.78 is 9.65. The zero-order valence-corrected chi connectivity index (χ0v) is 10.5. The summed E-state index contributed by atoms with van der Waals surface area (Å²) in [7, 11) is 1.56. The van der Waals surface area contributed by atoms with Crippen molar-refractivity contribution in [1.29, 1.82) is 0 Å². The molecule has 0 aliphatic rings. The fraction of sp³-hybridized carbons (Fsp3) is 0.250. The summed E-state index contributed by atoms with van der Waals surface area (Å²) in [6.07, 6.45) is 1.05. The minimum Gasteiger partial charge on any atom is -0.507 e. The van der Waals surface area contributed by atoms with Crippen molar-refractivity contribution in [3.05, 3.63) is 35.9 Å². The Morgan fingerprint density at radius 2 is 1.94 bits per heavy atom. The summed E-state index contributed by atoms with van der Waals surface area (Å²) in [4.78, 5) is 11.1. The maximum absolute atomic E-state index is 11.1. The predicted octanol–water partition coefficient (Wildman–Crippen LogP) is 2.15. The van der Waals surface area contributed by atoms with E-state index in [2.05, 4.69) is 4.74 Å². The van der Waals surface area contributed by atoms with Crippen LogP contribution in [0.1, 0.15) is 12.5 Å². The van der Waals surface area contributed by atoms with Crippen LogP contribution in [0.5, 0.6) is 5.75 Å². The number of aliphatic hydroxyl groups excluding tert-OH is 1. The fourth-order valence-electron chi connectivity index (χ4n) is 1.14. The zero-order valence-electron chi connectivity index (χ0n) is 9.57. The van der Waals surface area contributed by atoms with Gasteiger partial charge in [0.1, 0.15) is 11.5 Å². The first-order valence-corrected chi connectivity index (χ1v) is 4.89. The molecule has 4 nitrogen and oxygen atoms in total. The molecule has 0 aliphatic heterocycles. The van der Waals surface area contributed by atoms with Gasteiger partial charge in [0.2, 0.25) is 0 Å². The molecule has 17 heavy (non-hydrogen) atoms. The van der Waals surface area contributed by atoms with E-state index in [-0.39, 0.29) is 29.4 Å². The Kier molecular flexibility index (Phi) is 7.10. The SMILES string of the molecule is CCOC(=O)/C=C(\O)c1ccc(OC)cc1.[Cu]. The molecule has 0 saturated heterocycles. The molecular formula is C12H14CuO4. The molecule has 0 aliphatic carbocycles. The molecule has 0 heterocycles. The number of methoxy groups -OCH3 is 1. The van der Waals surface area contributed by atoms with Crippen LogP contribution in [0, 0.1) is 0 Å². The van der Waals surface area contributed by atoms with Crippen molar-refractivity contribution in [2.24, 2.45) is 0 Å². The summed E-state index contributed by atoms with van der Waals surface area (Å²) in [6, 6.07) is 6.71. The Morgan fingerprint density at radius 1 is 1.35 bits per heavy atom. The number of aliphatic hydroxyl groups is 1. The first kappa shape index (κ1) is 15.5. The van der Waals surface area contributed by atoms with Crippen LogP contribution in [0.2, 0.25) is 0 Å². The van der Waals surface area contributed by atoms with Gasteiger partial charge in [0.05, 0.1) is 19.8 Å². The van der Waals surface area contributed by atoms with E-state index < -0.39 is 5.97 Å². The maximum atomic E-state index is 11.1. The largest absolute Gasteiger partial charge is 0.507 e. The van der Waals surface area contributed by atoms with Gasteiger partial charge in [-0.1, -0.05) is 0 Å². The van der Waals surface area contributed by atoms with Crippen LogP contribution < -0.4 is 4.74 Å². The van der Waals surface area contributed by atoms with Crippen molar-refractivity contribution >= 4 is 11.7 Å². The van der Waals surface area contributed by atoms with Gasteiger partial charge >= 0.3 is 5.97 Å². The molecule has 0 bridgehead atoms. The van der Waals surface area contributed by atoms with Crippen molar-refractivity contribution in [2.75, 3.05) is 13.7 Å². The van der Waals surface area contributed by atoms with Gasteiger partial charge in [-0.25, -0.2) is 4.79 Å². The van der Waals surface area contributed by atoms with E-state index >= 15 is 0 Å². The Hall–Kier alpha value is -1.45. The molecule has 1 N–H and O–H groups in total. The van der Waals surface area contributed by atoms with Crippen LogP contribution in [0.25, 0.3) is 5.76 Å². The van der Waals surface area contributed by atoms with E-state index in [1.807, 2.05) is 0 Å². The number of ether oxygens (including phenoxy) is 2. The molecule has 0 unspecified atom stereocenters. The van der Waals surface area contributed by atoms with Crippen LogP contribution in [0.4, 0.5) is 0 Å². The third kappa shape index (κ3) is 4.93. The van der Waals surface area contributed by atoms with Gasteiger partial charge in [0, 0.05) is 22.6 Å². The first-order valence-electron chi connectivity index (χ1n) is 4.89. The summed E-state index contributed by atoms with van der Waals surface area (Å²) >= 11 is 0. The Bertz CT molecular complexity index is 384. The van der Waals surface area contributed by atoms with Gasteiger partial charge in [-0.3, -0.25) is 0 Å². The van der Waals surface area contributed by atoms with E-state index in [0.29, 0.717) is 11.3 Å². The molecule has 5 heteroatoms. The first-order chi connectivity index (χ1) is 7.67. The number of hydrogen-bond donors (Lipinski definition) is 1. The van der Waals surface area contributed by atoms with Crippen LogP contribution in [0.3, 0.4) is 0 Å². The Morgan fingerprint density at radius 3 is 2.41 bits per heavy atom. The zero-order chi connectivity index (χ0) is 12.0. The third-order valence-corrected chi connectivity index (χ3v) is 1.93. The fourth-order valence-corrected chi connectivity index (χ4v) is 1.14. The summed E-state index contributed by atoms with van der Waals surface area (Å²) in [5.41, 5.74) is 0.536. The molecule has 97 valence electrons. The van der Waals surface area contributed by atoms with Crippen molar-refractivity contribution in [3.63, 3.8) is 0 Å². The van der Waals surface area contributed by atoms with E-state index in [9.17, 15) is 9.90 Å². The number of esters is 1. The topological polar surface area (TPSA) is 55.8 Å². The van der Waals surface area contributed by atoms with Gasteiger partial charge < -0.3 is 14.6 Å². The molecule has 0 amide bonds. The Labute approximate surface area is 111 Å². The van der Waals surface area contributed by atoms with E-state index in [4.69, 9.17) is 4.74 Å². The molecule has 1 aromatic rings. The second kappa shape index (κ2) is 7.76. The predicted molar refractivity (Wildman–Crippen MR) is 60.2 cm³/mol. The standard InChI is InChI=1S/C12H14O4.Cu/c1-3-16-12(14)8-11(13)9-4-6-10(15-2)7-5-9;/h4-8,13H,3H2,1-2H3;/b11-8-;. The van der Waals surface area contributed by atoms with Gasteiger partial charge in [-0.15, -0.1) is 0 Å². The van der Waals surface area contributed by atoms with E-state index in [1.165, 1.54) is 0 Å². The molecule has 0 atom stereocenters. The van der Waals surface area contributed by atoms with Crippen molar-refractivity contribution in [1.82, 2.24) is 0 Å². The summed E-state index contributed by atoms with van der Waals surface area (Å²) in [5, 5.41) is 9.60. The Balaban J connectivity index is 0.00000256. The average Bonchev–Trinajstić information content (AvgIpc) is 2.29. The number of hydrogen-bond acceptors (Lipinski definition) is 4. The normalized spacial score (nSPS) is 10.4. The van der Waals surface area contributed by atoms with Gasteiger partial charge in [0.25, 0.3) is 0 Å². The average molecular weight is 286 g/mol. The molecular weight excluding hydrogens is 272 g/mol. The van der Waals surface area contributed by atoms with Crippen LogP contribution in [-0.4, -0.2) is 24.8 Å². The van der Waals surface area contributed by atoms with Crippen molar-refractivity contribution in [3.8, 4) is 5.75 Å². The molecule has 0 aromatic heterocycles. The van der Waals surface area contributed by atoms with Crippen molar-refractivity contribution in [2.45, 2.75) is 6.92 Å². The van der Waals surface area contributed by atoms with Gasteiger partial charge in [-0.05, 0) is 31.2 Å². The minimum atomic E-state index is -0.559. The number of carbonyl (C=O) groups is 1. The molecule has 0 saturated carbocycles. The van der Waals surface area contributed by atoms with Crippen LogP contribution >= 0.6 is 0 Å². The molecule has 0 spiro atoms. The smallest absolute Gasteiger partial charge is 0.334 e. The number of rotatable bonds is 4. The van der Waals surface area contributed by atoms with Crippen LogP contribution in [0.15, 0.2) is 30.3 Å². The molecule has 1 rings (SSSR count). The summed E-state index contributed by atoms with van der Waals surface area (Å²) in [6.45, 7) is 1.99. The second-order valence-corrected chi connectivity index (χ2v) is 3.01. The van der Waals surface area contributed by atoms with Crippen LogP contribution in [-0.2, 0) is 26.6 Å². The third-order valence-electron chi connectivity index (χ3n) is 1.93. The van der Waals surface area contributed by atoms with Gasteiger partial charge in [-0.2, -0.15) is 0 Å². The van der Waals surface area contributed by atoms with E-state index in [1.54, 1.807) is 38.3 Å². The quantitative estimate of drug-likeness (QED) is 0.399. The number of carbonyl (C=O) groups excluding carboxylic acids is 1. The van der Waals surface area contributed by atoms with Gasteiger partial charge in [0.15, 0.2) is 0 Å². The number of benzene rings is 1. The minimum absolute atomic E-state index is 0. The molecule has 1 aromatic carbocycles. The molecule has 1 radical (unpaired) electrons. The second-order valence-electron chi connectivity index (χ2n) is 3.01. The monoisotopic (exact) mass is 285 g/mol. The maximum Gasteiger partial charge on any atom is 0.334 e.